The van der Waals surface area contributed by atoms with Crippen LogP contribution < -0.4 is 5.32 Å². The van der Waals surface area contributed by atoms with Crippen LogP contribution in [0, 0.1) is 0 Å². The molecule has 2 N–H and O–H groups in total. The normalized spacial score (nSPS) is 33.7. The van der Waals surface area contributed by atoms with Gasteiger partial charge in [-0.05, 0) is 0 Å². The van der Waals surface area contributed by atoms with E-state index < -0.39 is 0 Å². The van der Waals surface area contributed by atoms with Crippen LogP contribution in [0.5, 0.6) is 0 Å². The molecule has 0 bridgehead atoms. The molecule has 0 aliphatic carbocycles. The Kier molecular flexibility index (Phi) is 2.80. The van der Waals surface area contributed by atoms with Crippen molar-refractivity contribution in [2.24, 2.45) is 0 Å². The van der Waals surface area contributed by atoms with Gasteiger partial charge in [-0.3, -0.25) is 0 Å². The smallest absolute Gasteiger partial charge is 0.139 e. The number of aliphatic hydroxyl groups excluding tert-OH is 1. The maximum absolute atomic E-state index is 10.3. The van der Waals surface area contributed by atoms with Crippen molar-refractivity contribution < 1.29 is 14.6 Å². The number of aldehydes is 1. The Balaban J connectivity index is 2.41. The van der Waals surface area contributed by atoms with Crippen LogP contribution in [0.1, 0.15) is 0 Å². The average Bonchev–Trinajstić information content (AvgIpc) is 2.04. The zero-order chi connectivity index (χ0) is 7.40. The molecule has 1 heterocycles. The standard InChI is InChI=1S/C6H11NO3/c8-3-5-6(4-9)10-2-1-7-5/h3,5-7,9H,1-2,4H2. The molecule has 1 aliphatic rings. The molecule has 4 heteroatoms. The summed E-state index contributed by atoms with van der Waals surface area (Å²) in [7, 11) is 0. The zero-order valence-electron chi connectivity index (χ0n) is 5.62. The van der Waals surface area contributed by atoms with Crippen LogP contribution in [0.25, 0.3) is 0 Å². The molecule has 0 aromatic carbocycles. The van der Waals surface area contributed by atoms with Crippen LogP contribution in [0.4, 0.5) is 0 Å². The molecule has 10 heavy (non-hydrogen) atoms. The number of aliphatic hydroxyl groups is 1. The summed E-state index contributed by atoms with van der Waals surface area (Å²) in [5.41, 5.74) is 0. The third-order valence-corrected chi connectivity index (χ3v) is 1.54. The van der Waals surface area contributed by atoms with Crippen molar-refractivity contribution in [3.05, 3.63) is 0 Å². The summed E-state index contributed by atoms with van der Waals surface area (Å²) >= 11 is 0. The molecule has 0 aromatic heterocycles. The first-order valence-corrected chi connectivity index (χ1v) is 3.29. The minimum absolute atomic E-state index is 0.101. The van der Waals surface area contributed by atoms with Gasteiger partial charge < -0.3 is 20.0 Å². The second-order valence-corrected chi connectivity index (χ2v) is 2.21. The summed E-state index contributed by atoms with van der Waals surface area (Å²) in [6, 6.07) is -0.334. The van der Waals surface area contributed by atoms with Crippen LogP contribution in [-0.4, -0.2) is 43.3 Å². The number of ether oxygens (including phenoxy) is 1. The van der Waals surface area contributed by atoms with E-state index in [9.17, 15) is 4.79 Å². The van der Waals surface area contributed by atoms with Gasteiger partial charge in [-0.15, -0.1) is 0 Å². The second kappa shape index (κ2) is 3.65. The highest BCUT2D eigenvalue weighted by atomic mass is 16.5. The van der Waals surface area contributed by atoms with Crippen molar-refractivity contribution >= 4 is 6.29 Å². The maximum atomic E-state index is 10.3. The Bertz CT molecular complexity index is 118. The fourth-order valence-electron chi connectivity index (χ4n) is 0.973. The zero-order valence-corrected chi connectivity index (χ0v) is 5.62. The van der Waals surface area contributed by atoms with Gasteiger partial charge in [0, 0.05) is 6.54 Å². The molecule has 58 valence electrons. The van der Waals surface area contributed by atoms with Gasteiger partial charge in [0.25, 0.3) is 0 Å². The summed E-state index contributed by atoms with van der Waals surface area (Å²) in [6.45, 7) is 1.14. The van der Waals surface area contributed by atoms with E-state index in [-0.39, 0.29) is 18.8 Å². The van der Waals surface area contributed by atoms with Gasteiger partial charge >= 0.3 is 0 Å². The minimum atomic E-state index is -0.355. The number of morpholine rings is 1. The van der Waals surface area contributed by atoms with Crippen LogP contribution >= 0.6 is 0 Å². The first-order chi connectivity index (χ1) is 4.88. The van der Waals surface area contributed by atoms with E-state index in [1.165, 1.54) is 0 Å². The second-order valence-electron chi connectivity index (χ2n) is 2.21. The van der Waals surface area contributed by atoms with Crippen LogP contribution in [0.2, 0.25) is 0 Å². The molecule has 1 rings (SSSR count). The topological polar surface area (TPSA) is 58.6 Å². The van der Waals surface area contributed by atoms with E-state index in [0.29, 0.717) is 13.2 Å². The largest absolute Gasteiger partial charge is 0.394 e. The lowest BCUT2D eigenvalue weighted by Crippen LogP contribution is -2.50. The van der Waals surface area contributed by atoms with Gasteiger partial charge in [-0.1, -0.05) is 0 Å². The summed E-state index contributed by atoms with van der Waals surface area (Å²) in [5.74, 6) is 0. The average molecular weight is 145 g/mol. The van der Waals surface area contributed by atoms with Crippen molar-refractivity contribution in [3.63, 3.8) is 0 Å². The molecule has 0 aromatic rings. The summed E-state index contributed by atoms with van der Waals surface area (Å²) in [4.78, 5) is 10.3. The van der Waals surface area contributed by atoms with E-state index in [4.69, 9.17) is 9.84 Å². The minimum Gasteiger partial charge on any atom is -0.394 e. The van der Waals surface area contributed by atoms with E-state index in [1.54, 1.807) is 0 Å². The van der Waals surface area contributed by atoms with Gasteiger partial charge in [-0.25, -0.2) is 0 Å². The molecule has 0 amide bonds. The fourth-order valence-corrected chi connectivity index (χ4v) is 0.973. The van der Waals surface area contributed by atoms with E-state index in [1.807, 2.05) is 0 Å². The van der Waals surface area contributed by atoms with E-state index >= 15 is 0 Å². The molecule has 4 nitrogen and oxygen atoms in total. The van der Waals surface area contributed by atoms with Gasteiger partial charge in [0.05, 0.1) is 19.3 Å². The molecule has 1 aliphatic heterocycles. The fraction of sp³-hybridized carbons (Fsp3) is 0.833. The molecular formula is C6H11NO3. The Hall–Kier alpha value is -0.450. The monoisotopic (exact) mass is 145 g/mol. The highest BCUT2D eigenvalue weighted by Gasteiger charge is 2.23. The molecule has 0 radical (unpaired) electrons. The van der Waals surface area contributed by atoms with Crippen molar-refractivity contribution in [1.82, 2.24) is 5.32 Å². The predicted molar refractivity (Wildman–Crippen MR) is 34.7 cm³/mol. The first-order valence-electron chi connectivity index (χ1n) is 3.29. The van der Waals surface area contributed by atoms with Crippen molar-refractivity contribution in [2.45, 2.75) is 12.1 Å². The van der Waals surface area contributed by atoms with Crippen LogP contribution in [0.15, 0.2) is 0 Å². The van der Waals surface area contributed by atoms with Crippen LogP contribution in [-0.2, 0) is 9.53 Å². The molecular weight excluding hydrogens is 134 g/mol. The summed E-state index contributed by atoms with van der Waals surface area (Å²) in [5, 5.41) is 11.6. The maximum Gasteiger partial charge on any atom is 0.139 e. The highest BCUT2D eigenvalue weighted by Crippen LogP contribution is 2.00. The SMILES string of the molecule is O=CC1NCCOC1CO. The molecule has 0 saturated carbocycles. The highest BCUT2D eigenvalue weighted by molar-refractivity contribution is 5.58. The van der Waals surface area contributed by atoms with Crippen molar-refractivity contribution in [3.8, 4) is 0 Å². The van der Waals surface area contributed by atoms with E-state index in [0.717, 1.165) is 6.29 Å². The lowest BCUT2D eigenvalue weighted by molar-refractivity contribution is -0.117. The number of hydrogen-bond acceptors (Lipinski definition) is 4. The Labute approximate surface area is 59.2 Å². The molecule has 1 saturated heterocycles. The van der Waals surface area contributed by atoms with Crippen LogP contribution in [0.3, 0.4) is 0 Å². The number of carbonyl (C=O) groups excluding carboxylic acids is 1. The van der Waals surface area contributed by atoms with Crippen molar-refractivity contribution in [2.75, 3.05) is 19.8 Å². The van der Waals surface area contributed by atoms with Gasteiger partial charge in [0.15, 0.2) is 0 Å². The van der Waals surface area contributed by atoms with Gasteiger partial charge in [-0.2, -0.15) is 0 Å². The van der Waals surface area contributed by atoms with Crippen molar-refractivity contribution in [1.29, 1.82) is 0 Å². The third kappa shape index (κ3) is 1.53. The number of nitrogens with one attached hydrogen (secondary N) is 1. The number of hydrogen-bond donors (Lipinski definition) is 2. The van der Waals surface area contributed by atoms with E-state index in [2.05, 4.69) is 5.32 Å². The Morgan fingerprint density at radius 2 is 2.60 bits per heavy atom. The Morgan fingerprint density at radius 3 is 3.10 bits per heavy atom. The Morgan fingerprint density at radius 1 is 1.80 bits per heavy atom. The summed E-state index contributed by atoms with van der Waals surface area (Å²) in [6.07, 6.45) is 0.409. The third-order valence-electron chi connectivity index (χ3n) is 1.54. The lowest BCUT2D eigenvalue weighted by Gasteiger charge is -2.27. The summed E-state index contributed by atoms with van der Waals surface area (Å²) < 4.78 is 5.09. The quantitative estimate of drug-likeness (QED) is 0.466. The molecule has 2 unspecified atom stereocenters. The molecule has 0 spiro atoms. The predicted octanol–water partition coefficient (Wildman–Crippen LogP) is -1.47. The molecule has 2 atom stereocenters. The van der Waals surface area contributed by atoms with Gasteiger partial charge in [0.2, 0.25) is 0 Å². The van der Waals surface area contributed by atoms with Gasteiger partial charge in [0.1, 0.15) is 12.4 Å². The first kappa shape index (κ1) is 7.65. The lowest BCUT2D eigenvalue weighted by atomic mass is 10.1. The number of carbonyl (C=O) groups is 1. The number of rotatable bonds is 2. The molecule has 1 fully saturated rings.